The topological polar surface area (TPSA) is 55.8 Å². The molecule has 0 N–H and O–H groups in total. The van der Waals surface area contributed by atoms with Gasteiger partial charge in [-0.05, 0) is 0 Å². The second-order valence-electron chi connectivity index (χ2n) is 3.05. The molecule has 1 aliphatic heterocycles. The van der Waals surface area contributed by atoms with E-state index in [4.69, 9.17) is 4.74 Å². The molecule has 1 aliphatic rings. The molecule has 0 aromatic carbocycles. The minimum Gasteiger partial charge on any atom is -0.467 e. The van der Waals surface area contributed by atoms with E-state index in [1.165, 1.54) is 12.0 Å². The summed E-state index contributed by atoms with van der Waals surface area (Å²) in [5.41, 5.74) is 0. The first-order valence-electron chi connectivity index (χ1n) is 4.65. The molecule has 0 saturated carbocycles. The third-order valence-electron chi connectivity index (χ3n) is 2.22. The lowest BCUT2D eigenvalue weighted by atomic mass is 10.2. The fraction of sp³-hybridized carbons (Fsp3) is 0.778. The van der Waals surface area contributed by atoms with Crippen LogP contribution in [0, 0.1) is 0 Å². The van der Waals surface area contributed by atoms with Crippen LogP contribution in [0.1, 0.15) is 13.3 Å². The molecule has 1 rings (SSSR count). The predicted molar refractivity (Wildman–Crippen MR) is 48.6 cm³/mol. The number of esters is 1. The van der Waals surface area contributed by atoms with E-state index in [1.807, 2.05) is 0 Å². The van der Waals surface area contributed by atoms with Crippen molar-refractivity contribution in [2.45, 2.75) is 19.4 Å². The quantitative estimate of drug-likeness (QED) is 0.580. The van der Waals surface area contributed by atoms with Crippen molar-refractivity contribution < 1.29 is 19.1 Å². The van der Waals surface area contributed by atoms with E-state index in [2.05, 4.69) is 4.74 Å². The molecule has 0 bridgehead atoms. The van der Waals surface area contributed by atoms with Gasteiger partial charge in [0.1, 0.15) is 0 Å². The average molecular weight is 201 g/mol. The maximum atomic E-state index is 11.5. The molecular formula is C9H15NO4. The first kappa shape index (κ1) is 11.0. The number of methoxy groups -OCH3 is 1. The molecule has 1 unspecified atom stereocenters. The van der Waals surface area contributed by atoms with Crippen molar-refractivity contribution >= 4 is 11.9 Å². The molecule has 0 aliphatic carbocycles. The monoisotopic (exact) mass is 201 g/mol. The Balaban J connectivity index is 2.68. The zero-order chi connectivity index (χ0) is 10.6. The van der Waals surface area contributed by atoms with Gasteiger partial charge in [-0.25, -0.2) is 4.79 Å². The number of carbonyl (C=O) groups excluding carboxylic acids is 2. The highest BCUT2D eigenvalue weighted by atomic mass is 16.5. The maximum Gasteiger partial charge on any atom is 0.331 e. The average Bonchev–Trinajstić information content (AvgIpc) is 2.27. The van der Waals surface area contributed by atoms with Gasteiger partial charge in [0.05, 0.1) is 20.3 Å². The molecule has 80 valence electrons. The van der Waals surface area contributed by atoms with Gasteiger partial charge in [0.25, 0.3) is 0 Å². The Morgan fingerprint density at radius 2 is 2.29 bits per heavy atom. The normalized spacial score (nSPS) is 21.9. The van der Waals surface area contributed by atoms with E-state index in [0.717, 1.165) is 0 Å². The number of amides is 1. The van der Waals surface area contributed by atoms with Gasteiger partial charge >= 0.3 is 5.97 Å². The first-order chi connectivity index (χ1) is 6.70. The highest BCUT2D eigenvalue weighted by Gasteiger charge is 2.32. The van der Waals surface area contributed by atoms with Crippen LogP contribution in [0.15, 0.2) is 0 Å². The Bertz CT molecular complexity index is 205. The second-order valence-corrected chi connectivity index (χ2v) is 3.05. The molecule has 1 fully saturated rings. The van der Waals surface area contributed by atoms with Crippen LogP contribution in [0.2, 0.25) is 0 Å². The first-order valence-corrected chi connectivity index (χ1v) is 4.65. The fourth-order valence-electron chi connectivity index (χ4n) is 1.44. The Morgan fingerprint density at radius 1 is 1.57 bits per heavy atom. The molecule has 1 amide bonds. The Hall–Kier alpha value is -1.10. The van der Waals surface area contributed by atoms with E-state index in [0.29, 0.717) is 19.6 Å². The van der Waals surface area contributed by atoms with Crippen LogP contribution in [0.3, 0.4) is 0 Å². The third kappa shape index (κ3) is 2.23. The molecule has 1 heterocycles. The van der Waals surface area contributed by atoms with E-state index >= 15 is 0 Å². The molecule has 1 saturated heterocycles. The zero-order valence-electron chi connectivity index (χ0n) is 8.49. The molecule has 0 radical (unpaired) electrons. The Labute approximate surface area is 83.0 Å². The number of carbonyl (C=O) groups is 2. The van der Waals surface area contributed by atoms with E-state index in [-0.39, 0.29) is 12.5 Å². The van der Waals surface area contributed by atoms with Crippen LogP contribution in [0.5, 0.6) is 0 Å². The third-order valence-corrected chi connectivity index (χ3v) is 2.22. The summed E-state index contributed by atoms with van der Waals surface area (Å²) in [6, 6.07) is -0.568. The van der Waals surface area contributed by atoms with Crippen LogP contribution in [-0.2, 0) is 19.1 Å². The molecule has 1 atom stereocenters. The summed E-state index contributed by atoms with van der Waals surface area (Å²) in [7, 11) is 1.31. The van der Waals surface area contributed by atoms with Crippen molar-refractivity contribution in [2.24, 2.45) is 0 Å². The van der Waals surface area contributed by atoms with Crippen LogP contribution in [0.25, 0.3) is 0 Å². The number of rotatable bonds is 2. The molecule has 0 aromatic heterocycles. The van der Waals surface area contributed by atoms with Crippen molar-refractivity contribution in [1.82, 2.24) is 4.90 Å². The van der Waals surface area contributed by atoms with Crippen LogP contribution >= 0.6 is 0 Å². The lowest BCUT2D eigenvalue weighted by molar-refractivity contribution is -0.160. The summed E-state index contributed by atoms with van der Waals surface area (Å²) in [6.07, 6.45) is 0.396. The van der Waals surface area contributed by atoms with E-state index in [1.54, 1.807) is 6.92 Å². The Kier molecular flexibility index (Phi) is 3.88. The zero-order valence-corrected chi connectivity index (χ0v) is 8.49. The van der Waals surface area contributed by atoms with Gasteiger partial charge in [-0.3, -0.25) is 4.79 Å². The molecular weight excluding hydrogens is 186 g/mol. The lowest BCUT2D eigenvalue weighted by Gasteiger charge is -2.33. The van der Waals surface area contributed by atoms with Gasteiger partial charge in [-0.15, -0.1) is 0 Å². The highest BCUT2D eigenvalue weighted by Crippen LogP contribution is 2.09. The van der Waals surface area contributed by atoms with Crippen molar-refractivity contribution in [2.75, 3.05) is 26.9 Å². The number of hydrogen-bond donors (Lipinski definition) is 0. The van der Waals surface area contributed by atoms with Crippen molar-refractivity contribution in [3.63, 3.8) is 0 Å². The molecule has 0 aromatic rings. The molecule has 0 spiro atoms. The van der Waals surface area contributed by atoms with Gasteiger partial charge in [0.15, 0.2) is 6.04 Å². The summed E-state index contributed by atoms with van der Waals surface area (Å²) < 4.78 is 9.74. The minimum absolute atomic E-state index is 0.0382. The lowest BCUT2D eigenvalue weighted by Crippen LogP contribution is -2.52. The second kappa shape index (κ2) is 4.95. The molecule has 14 heavy (non-hydrogen) atoms. The number of morpholine rings is 1. The summed E-state index contributed by atoms with van der Waals surface area (Å²) in [6.45, 7) is 2.95. The minimum atomic E-state index is -0.568. The van der Waals surface area contributed by atoms with Gasteiger partial charge in [0, 0.05) is 13.0 Å². The van der Waals surface area contributed by atoms with Gasteiger partial charge < -0.3 is 14.4 Å². The summed E-state index contributed by atoms with van der Waals surface area (Å²) in [5.74, 6) is -0.449. The predicted octanol–water partition coefficient (Wildman–Crippen LogP) is -0.203. The van der Waals surface area contributed by atoms with Crippen LogP contribution < -0.4 is 0 Å². The number of hydrogen-bond acceptors (Lipinski definition) is 4. The molecule has 5 heteroatoms. The van der Waals surface area contributed by atoms with Crippen LogP contribution in [-0.4, -0.2) is 49.7 Å². The molecule has 5 nitrogen and oxygen atoms in total. The number of ether oxygens (including phenoxy) is 2. The number of nitrogens with zero attached hydrogens (tertiary/aromatic N) is 1. The SMILES string of the molecule is CCC(=O)N1CCOCC1C(=O)OC. The van der Waals surface area contributed by atoms with Crippen molar-refractivity contribution in [1.29, 1.82) is 0 Å². The van der Waals surface area contributed by atoms with Crippen LogP contribution in [0.4, 0.5) is 0 Å². The van der Waals surface area contributed by atoms with E-state index in [9.17, 15) is 9.59 Å². The highest BCUT2D eigenvalue weighted by molar-refractivity contribution is 5.84. The summed E-state index contributed by atoms with van der Waals surface area (Å²) in [5, 5.41) is 0. The summed E-state index contributed by atoms with van der Waals surface area (Å²) >= 11 is 0. The Morgan fingerprint density at radius 3 is 2.86 bits per heavy atom. The van der Waals surface area contributed by atoms with Crippen molar-refractivity contribution in [3.05, 3.63) is 0 Å². The smallest absolute Gasteiger partial charge is 0.331 e. The van der Waals surface area contributed by atoms with Gasteiger partial charge in [0.2, 0.25) is 5.91 Å². The largest absolute Gasteiger partial charge is 0.467 e. The van der Waals surface area contributed by atoms with Crippen molar-refractivity contribution in [3.8, 4) is 0 Å². The standard InChI is InChI=1S/C9H15NO4/c1-3-8(11)10-4-5-14-6-7(10)9(12)13-2/h7H,3-6H2,1-2H3. The van der Waals surface area contributed by atoms with Gasteiger partial charge in [-0.1, -0.05) is 6.92 Å². The maximum absolute atomic E-state index is 11.5. The fourth-order valence-corrected chi connectivity index (χ4v) is 1.44. The van der Waals surface area contributed by atoms with E-state index < -0.39 is 12.0 Å². The van der Waals surface area contributed by atoms with Gasteiger partial charge in [-0.2, -0.15) is 0 Å². The summed E-state index contributed by atoms with van der Waals surface area (Å²) in [4.78, 5) is 24.3.